The number of carbonyl (C=O) groups excluding carboxylic acids is 1. The summed E-state index contributed by atoms with van der Waals surface area (Å²) in [5.74, 6) is 3.78. The molecule has 1 heterocycles. The van der Waals surface area contributed by atoms with Gasteiger partial charge in [0.05, 0.1) is 17.9 Å². The smallest absolute Gasteiger partial charge is 0.263 e. The standard InChI is InChI=1S/C14H14FNO4S/c1-14(2)13(18)16(21(14,19)20)11-7-6-10(12(15)9-11)5-3-4-8-17/h6-7,9,17H,4,8H2,1-2H3. The van der Waals surface area contributed by atoms with Gasteiger partial charge >= 0.3 is 0 Å². The number of halogens is 1. The highest BCUT2D eigenvalue weighted by Gasteiger charge is 2.60. The van der Waals surface area contributed by atoms with E-state index in [1.54, 1.807) is 0 Å². The third-order valence-electron chi connectivity index (χ3n) is 3.23. The van der Waals surface area contributed by atoms with Gasteiger partial charge in [0.1, 0.15) is 5.82 Å². The van der Waals surface area contributed by atoms with Crippen LogP contribution in [0.15, 0.2) is 18.2 Å². The second-order valence-electron chi connectivity index (χ2n) is 5.02. The summed E-state index contributed by atoms with van der Waals surface area (Å²) in [7, 11) is -3.81. The van der Waals surface area contributed by atoms with E-state index in [0.717, 1.165) is 6.07 Å². The number of benzene rings is 1. The molecule has 1 aromatic carbocycles. The third kappa shape index (κ3) is 2.30. The van der Waals surface area contributed by atoms with Crippen LogP contribution in [0.4, 0.5) is 10.1 Å². The number of hydrogen-bond donors (Lipinski definition) is 1. The Labute approximate surface area is 122 Å². The lowest BCUT2D eigenvalue weighted by Gasteiger charge is -2.42. The SMILES string of the molecule is CC1(C)C(=O)N(c2ccc(C#CCCO)c(F)c2)S1(=O)=O. The molecular weight excluding hydrogens is 297 g/mol. The van der Waals surface area contributed by atoms with Gasteiger partial charge in [-0.15, -0.1) is 0 Å². The van der Waals surface area contributed by atoms with E-state index in [9.17, 15) is 17.6 Å². The lowest BCUT2D eigenvalue weighted by atomic mass is 10.1. The van der Waals surface area contributed by atoms with Crippen molar-refractivity contribution in [2.45, 2.75) is 25.0 Å². The average molecular weight is 311 g/mol. The molecule has 7 heteroatoms. The normalized spacial score (nSPS) is 18.7. The predicted octanol–water partition coefficient (Wildman–Crippen LogP) is 1.01. The molecular formula is C14H14FNO4S. The van der Waals surface area contributed by atoms with Crippen molar-refractivity contribution in [3.8, 4) is 11.8 Å². The van der Waals surface area contributed by atoms with Gasteiger partial charge in [-0.3, -0.25) is 4.79 Å². The first-order chi connectivity index (χ1) is 9.73. The number of amides is 1. The largest absolute Gasteiger partial charge is 0.395 e. The number of hydrogen-bond acceptors (Lipinski definition) is 4. The number of carbonyl (C=O) groups is 1. The minimum absolute atomic E-state index is 0.0375. The van der Waals surface area contributed by atoms with Gasteiger partial charge in [0.15, 0.2) is 4.75 Å². The van der Waals surface area contributed by atoms with Crippen molar-refractivity contribution in [3.05, 3.63) is 29.6 Å². The summed E-state index contributed by atoms with van der Waals surface area (Å²) in [6, 6.07) is 3.60. The van der Waals surface area contributed by atoms with Crippen molar-refractivity contribution in [2.24, 2.45) is 0 Å². The van der Waals surface area contributed by atoms with Gasteiger partial charge < -0.3 is 5.11 Å². The van der Waals surface area contributed by atoms with E-state index in [0.29, 0.717) is 4.31 Å². The Morgan fingerprint density at radius 3 is 2.57 bits per heavy atom. The lowest BCUT2D eigenvalue weighted by molar-refractivity contribution is -0.120. The van der Waals surface area contributed by atoms with Crippen molar-refractivity contribution in [1.82, 2.24) is 0 Å². The van der Waals surface area contributed by atoms with Crippen molar-refractivity contribution in [3.63, 3.8) is 0 Å². The first-order valence-electron chi connectivity index (χ1n) is 6.22. The summed E-state index contributed by atoms with van der Waals surface area (Å²) in [5.41, 5.74) is 0.0429. The molecule has 1 aliphatic heterocycles. The van der Waals surface area contributed by atoms with Crippen LogP contribution in [0.5, 0.6) is 0 Å². The Morgan fingerprint density at radius 1 is 1.38 bits per heavy atom. The van der Waals surface area contributed by atoms with Crippen LogP contribution < -0.4 is 4.31 Å². The molecule has 0 unspecified atom stereocenters. The van der Waals surface area contributed by atoms with E-state index in [1.165, 1.54) is 26.0 Å². The molecule has 1 aliphatic rings. The monoisotopic (exact) mass is 311 g/mol. The number of aliphatic hydroxyl groups is 1. The van der Waals surface area contributed by atoms with E-state index in [1.807, 2.05) is 0 Å². The van der Waals surface area contributed by atoms with Gasteiger partial charge in [-0.2, -0.15) is 0 Å². The zero-order valence-electron chi connectivity index (χ0n) is 11.6. The summed E-state index contributed by atoms with van der Waals surface area (Å²) in [6.07, 6.45) is 0.217. The summed E-state index contributed by atoms with van der Waals surface area (Å²) >= 11 is 0. The van der Waals surface area contributed by atoms with E-state index in [4.69, 9.17) is 5.11 Å². The molecule has 21 heavy (non-hydrogen) atoms. The molecule has 5 nitrogen and oxygen atoms in total. The lowest BCUT2D eigenvalue weighted by Crippen LogP contribution is -2.67. The molecule has 112 valence electrons. The Morgan fingerprint density at radius 2 is 2.05 bits per heavy atom. The van der Waals surface area contributed by atoms with Gasteiger partial charge in [-0.1, -0.05) is 11.8 Å². The van der Waals surface area contributed by atoms with Gasteiger partial charge in [0.25, 0.3) is 15.9 Å². The first-order valence-corrected chi connectivity index (χ1v) is 7.66. The molecule has 1 saturated heterocycles. The first kappa shape index (κ1) is 15.5. The van der Waals surface area contributed by atoms with Crippen LogP contribution in [0.25, 0.3) is 0 Å². The van der Waals surface area contributed by atoms with E-state index in [2.05, 4.69) is 11.8 Å². The van der Waals surface area contributed by atoms with E-state index >= 15 is 0 Å². The second-order valence-corrected chi connectivity index (χ2v) is 7.36. The van der Waals surface area contributed by atoms with E-state index in [-0.39, 0.29) is 24.3 Å². The molecule has 0 saturated carbocycles. The fraction of sp³-hybridized carbons (Fsp3) is 0.357. The van der Waals surface area contributed by atoms with Gasteiger partial charge in [0.2, 0.25) is 0 Å². The van der Waals surface area contributed by atoms with Gasteiger partial charge in [-0.05, 0) is 26.0 Å². The number of sulfonamides is 1. The maximum atomic E-state index is 13.9. The third-order valence-corrected chi connectivity index (χ3v) is 5.55. The molecule has 0 radical (unpaired) electrons. The van der Waals surface area contributed by atoms with Crippen LogP contribution in [0, 0.1) is 17.7 Å². The minimum atomic E-state index is -3.81. The van der Waals surface area contributed by atoms with Crippen LogP contribution in [0.3, 0.4) is 0 Å². The highest BCUT2D eigenvalue weighted by Crippen LogP contribution is 2.39. The zero-order chi connectivity index (χ0) is 15.8. The zero-order valence-corrected chi connectivity index (χ0v) is 12.4. The highest BCUT2D eigenvalue weighted by atomic mass is 32.2. The minimum Gasteiger partial charge on any atom is -0.395 e. The topological polar surface area (TPSA) is 74.7 Å². The summed E-state index contributed by atoms with van der Waals surface area (Å²) < 4.78 is 37.0. The van der Waals surface area contributed by atoms with Crippen LogP contribution in [0.1, 0.15) is 25.8 Å². The number of anilines is 1. The fourth-order valence-corrected chi connectivity index (χ4v) is 3.33. The van der Waals surface area contributed by atoms with Crippen LogP contribution in [-0.2, 0) is 14.8 Å². The van der Waals surface area contributed by atoms with Crippen LogP contribution >= 0.6 is 0 Å². The Hall–Kier alpha value is -1.91. The average Bonchev–Trinajstić information content (AvgIpc) is 2.41. The molecule has 0 aromatic heterocycles. The maximum Gasteiger partial charge on any atom is 0.263 e. The quantitative estimate of drug-likeness (QED) is 0.827. The Bertz CT molecular complexity index is 759. The predicted molar refractivity (Wildman–Crippen MR) is 75.5 cm³/mol. The molecule has 1 fully saturated rings. The van der Waals surface area contributed by atoms with E-state index < -0.39 is 26.5 Å². The maximum absolute atomic E-state index is 13.9. The molecule has 0 aliphatic carbocycles. The van der Waals surface area contributed by atoms with Gasteiger partial charge in [-0.25, -0.2) is 17.1 Å². The molecule has 0 bridgehead atoms. The summed E-state index contributed by atoms with van der Waals surface area (Å²) in [5, 5.41) is 8.60. The number of rotatable bonds is 2. The fourth-order valence-electron chi connectivity index (χ4n) is 1.85. The molecule has 1 N–H and O–H groups in total. The highest BCUT2D eigenvalue weighted by molar-refractivity contribution is 7.98. The van der Waals surface area contributed by atoms with Crippen molar-refractivity contribution in [2.75, 3.05) is 10.9 Å². The Kier molecular flexibility index (Phi) is 3.78. The molecule has 1 amide bonds. The second kappa shape index (κ2) is 5.13. The summed E-state index contributed by atoms with van der Waals surface area (Å²) in [4.78, 5) is 11.9. The van der Waals surface area contributed by atoms with Crippen molar-refractivity contribution in [1.29, 1.82) is 0 Å². The van der Waals surface area contributed by atoms with Crippen LogP contribution in [-0.4, -0.2) is 30.8 Å². The van der Waals surface area contributed by atoms with Crippen molar-refractivity contribution >= 4 is 21.6 Å². The number of aliphatic hydroxyl groups excluding tert-OH is 1. The molecule has 0 atom stereocenters. The molecule has 2 rings (SSSR count). The van der Waals surface area contributed by atoms with Crippen molar-refractivity contribution < 1.29 is 22.7 Å². The molecule has 0 spiro atoms. The Balaban J connectivity index is 2.35. The van der Waals surface area contributed by atoms with Gasteiger partial charge in [0, 0.05) is 12.5 Å². The van der Waals surface area contributed by atoms with Crippen LogP contribution in [0.2, 0.25) is 0 Å². The molecule has 1 aromatic rings. The summed E-state index contributed by atoms with van der Waals surface area (Å²) in [6.45, 7) is 2.50. The number of nitrogens with zero attached hydrogens (tertiary/aromatic N) is 1.